The van der Waals surface area contributed by atoms with E-state index in [0.717, 1.165) is 0 Å². The fourth-order valence-corrected chi connectivity index (χ4v) is 3.71. The predicted molar refractivity (Wildman–Crippen MR) is 89.2 cm³/mol. The highest BCUT2D eigenvalue weighted by atomic mass is 35.6. The Hall–Kier alpha value is -1.14. The molecule has 0 saturated carbocycles. The zero-order chi connectivity index (χ0) is 18.1. The second kappa shape index (κ2) is 7.40. The molecule has 1 fully saturated rings. The molecule has 2 unspecified atom stereocenters. The van der Waals surface area contributed by atoms with E-state index in [-0.39, 0.29) is 28.5 Å². The SMILES string of the molecule is CC1S[C@@H]2C(NC(=O)CC#N)C(=O)N2C=C1C(=O)OCC(Cl)(Cl)Cl. The molecule has 0 spiro atoms. The number of nitriles is 1. The molecule has 2 rings (SSSR count). The minimum atomic E-state index is -1.72. The Bertz CT molecular complexity index is 643. The van der Waals surface area contributed by atoms with Crippen LogP contribution in [-0.4, -0.2) is 49.7 Å². The number of rotatable bonds is 4. The van der Waals surface area contributed by atoms with Gasteiger partial charge in [-0.15, -0.1) is 11.8 Å². The summed E-state index contributed by atoms with van der Waals surface area (Å²) >= 11 is 17.9. The van der Waals surface area contributed by atoms with Gasteiger partial charge in [-0.1, -0.05) is 34.8 Å². The third-order valence-corrected chi connectivity index (χ3v) is 5.07. The molecule has 1 saturated heterocycles. The quantitative estimate of drug-likeness (QED) is 0.426. The molecule has 2 amide bonds. The van der Waals surface area contributed by atoms with E-state index in [4.69, 9.17) is 44.8 Å². The Morgan fingerprint density at radius 1 is 1.50 bits per heavy atom. The number of hydrogen-bond donors (Lipinski definition) is 1. The van der Waals surface area contributed by atoms with E-state index in [1.807, 2.05) is 0 Å². The summed E-state index contributed by atoms with van der Waals surface area (Å²) in [5, 5.41) is 10.4. The van der Waals surface area contributed by atoms with Crippen molar-refractivity contribution in [3.63, 3.8) is 0 Å². The number of carbonyl (C=O) groups excluding carboxylic acids is 3. The van der Waals surface area contributed by atoms with Crippen LogP contribution >= 0.6 is 46.6 Å². The molecule has 0 radical (unpaired) electrons. The van der Waals surface area contributed by atoms with Gasteiger partial charge in [-0.05, 0) is 6.92 Å². The van der Waals surface area contributed by atoms with E-state index in [9.17, 15) is 14.4 Å². The number of alkyl halides is 3. The molecule has 2 aliphatic heterocycles. The van der Waals surface area contributed by atoms with E-state index in [0.29, 0.717) is 0 Å². The normalized spacial score (nSPS) is 25.8. The van der Waals surface area contributed by atoms with Crippen LogP contribution in [0.1, 0.15) is 13.3 Å². The van der Waals surface area contributed by atoms with Crippen LogP contribution in [0.3, 0.4) is 0 Å². The van der Waals surface area contributed by atoms with Crippen LogP contribution in [0, 0.1) is 11.3 Å². The number of carbonyl (C=O) groups is 3. The Morgan fingerprint density at radius 2 is 2.17 bits per heavy atom. The molecule has 1 N–H and O–H groups in total. The van der Waals surface area contributed by atoms with Gasteiger partial charge in [-0.2, -0.15) is 5.26 Å². The molecule has 0 aliphatic carbocycles. The van der Waals surface area contributed by atoms with Gasteiger partial charge in [0.2, 0.25) is 9.70 Å². The molecule has 24 heavy (non-hydrogen) atoms. The van der Waals surface area contributed by atoms with Crippen molar-refractivity contribution in [2.75, 3.05) is 6.61 Å². The van der Waals surface area contributed by atoms with Crippen molar-refractivity contribution in [3.05, 3.63) is 11.8 Å². The summed E-state index contributed by atoms with van der Waals surface area (Å²) in [4.78, 5) is 36.9. The van der Waals surface area contributed by atoms with Crippen molar-refractivity contribution in [1.82, 2.24) is 10.2 Å². The topological polar surface area (TPSA) is 99.5 Å². The summed E-state index contributed by atoms with van der Waals surface area (Å²) in [7, 11) is 0. The Labute approximate surface area is 157 Å². The summed E-state index contributed by atoms with van der Waals surface area (Å²) in [6.45, 7) is 1.36. The summed E-state index contributed by atoms with van der Waals surface area (Å²) in [5.74, 6) is -1.55. The van der Waals surface area contributed by atoms with Gasteiger partial charge in [0, 0.05) is 11.4 Å². The monoisotopic (exact) mass is 411 g/mol. The standard InChI is InChI=1S/C13H12Cl3N3O4S/c1-6-7(12(22)23-5-13(14,15)16)4-19-10(21)9(11(19)24-6)18-8(20)2-3-17/h4,6,9,11H,2,5H2,1H3,(H,18,20)/t6?,9?,11-/m1/s1. The van der Waals surface area contributed by atoms with Gasteiger partial charge in [0.05, 0.1) is 11.6 Å². The Morgan fingerprint density at radius 3 is 2.75 bits per heavy atom. The second-order valence-corrected chi connectivity index (χ2v) is 9.05. The first-order valence-electron chi connectivity index (χ1n) is 6.73. The van der Waals surface area contributed by atoms with Gasteiger partial charge in [0.15, 0.2) is 0 Å². The molecule has 2 aliphatic rings. The first-order valence-corrected chi connectivity index (χ1v) is 8.81. The molecule has 0 bridgehead atoms. The number of fused-ring (bicyclic) bond motifs is 1. The Kier molecular flexibility index (Phi) is 5.91. The van der Waals surface area contributed by atoms with Gasteiger partial charge < -0.3 is 15.0 Å². The highest BCUT2D eigenvalue weighted by Gasteiger charge is 2.51. The molecule has 11 heteroatoms. The van der Waals surface area contributed by atoms with Gasteiger partial charge in [-0.25, -0.2) is 4.79 Å². The number of amides is 2. The van der Waals surface area contributed by atoms with Gasteiger partial charge >= 0.3 is 5.97 Å². The third-order valence-electron chi connectivity index (χ3n) is 3.30. The number of nitrogens with zero attached hydrogens (tertiary/aromatic N) is 2. The average Bonchev–Trinajstić information content (AvgIpc) is 2.49. The lowest BCUT2D eigenvalue weighted by Gasteiger charge is -2.48. The number of thioether (sulfide) groups is 1. The minimum absolute atomic E-state index is 0.264. The lowest BCUT2D eigenvalue weighted by atomic mass is 10.1. The zero-order valence-electron chi connectivity index (χ0n) is 12.3. The first-order chi connectivity index (χ1) is 11.1. The molecule has 0 aromatic rings. The molecule has 3 atom stereocenters. The number of halogens is 3. The lowest BCUT2D eigenvalue weighted by molar-refractivity contribution is -0.145. The molecular formula is C13H12Cl3N3O4S. The van der Waals surface area contributed by atoms with Crippen LogP contribution in [0.15, 0.2) is 11.8 Å². The fourth-order valence-electron chi connectivity index (χ4n) is 2.18. The lowest BCUT2D eigenvalue weighted by Crippen LogP contribution is -2.69. The van der Waals surface area contributed by atoms with E-state index >= 15 is 0 Å². The van der Waals surface area contributed by atoms with Crippen molar-refractivity contribution >= 4 is 64.3 Å². The smallest absolute Gasteiger partial charge is 0.336 e. The summed E-state index contributed by atoms with van der Waals surface area (Å²) < 4.78 is 3.21. The average molecular weight is 413 g/mol. The van der Waals surface area contributed by atoms with Gasteiger partial charge in [0.25, 0.3) is 5.91 Å². The van der Waals surface area contributed by atoms with Crippen LogP contribution in [0.25, 0.3) is 0 Å². The summed E-state index contributed by atoms with van der Waals surface area (Å²) in [6, 6.07) is 1.00. The molecule has 130 valence electrons. The highest BCUT2D eigenvalue weighted by Crippen LogP contribution is 2.40. The molecule has 2 heterocycles. The van der Waals surface area contributed by atoms with Crippen LogP contribution in [0.5, 0.6) is 0 Å². The third kappa shape index (κ3) is 4.28. The van der Waals surface area contributed by atoms with Gasteiger partial charge in [-0.3, -0.25) is 9.59 Å². The summed E-state index contributed by atoms with van der Waals surface area (Å²) in [6.07, 6.45) is 1.07. The molecule has 7 nitrogen and oxygen atoms in total. The van der Waals surface area contributed by atoms with Crippen molar-refractivity contribution in [2.45, 2.75) is 33.8 Å². The maximum Gasteiger partial charge on any atom is 0.336 e. The molecular weight excluding hydrogens is 401 g/mol. The van der Waals surface area contributed by atoms with Gasteiger partial charge in [0.1, 0.15) is 24.4 Å². The van der Waals surface area contributed by atoms with Crippen LogP contribution in [0.2, 0.25) is 0 Å². The molecule has 0 aromatic heterocycles. The number of esters is 1. The number of ether oxygens (including phenoxy) is 1. The van der Waals surface area contributed by atoms with Crippen molar-refractivity contribution < 1.29 is 19.1 Å². The van der Waals surface area contributed by atoms with Crippen molar-refractivity contribution in [3.8, 4) is 6.07 Å². The second-order valence-electron chi connectivity index (χ2n) is 5.07. The van der Waals surface area contributed by atoms with Crippen molar-refractivity contribution in [1.29, 1.82) is 5.26 Å². The maximum absolute atomic E-state index is 12.1. The zero-order valence-corrected chi connectivity index (χ0v) is 15.4. The number of β-lactam (4-membered cyclic amide) rings is 1. The van der Waals surface area contributed by atoms with Crippen LogP contribution in [0.4, 0.5) is 0 Å². The van der Waals surface area contributed by atoms with E-state index in [1.54, 1.807) is 13.0 Å². The van der Waals surface area contributed by atoms with Crippen LogP contribution < -0.4 is 5.32 Å². The summed E-state index contributed by atoms with van der Waals surface area (Å²) in [5.41, 5.74) is 0.264. The number of nitrogens with one attached hydrogen (secondary N) is 1. The van der Waals surface area contributed by atoms with Crippen molar-refractivity contribution in [2.24, 2.45) is 0 Å². The maximum atomic E-state index is 12.1. The largest absolute Gasteiger partial charge is 0.458 e. The highest BCUT2D eigenvalue weighted by molar-refractivity contribution is 8.00. The van der Waals surface area contributed by atoms with Crippen LogP contribution in [-0.2, 0) is 19.1 Å². The molecule has 0 aromatic carbocycles. The fraction of sp³-hybridized carbons (Fsp3) is 0.538. The minimum Gasteiger partial charge on any atom is -0.458 e. The first kappa shape index (κ1) is 19.2. The van der Waals surface area contributed by atoms with E-state index in [1.165, 1.54) is 22.9 Å². The Balaban J connectivity index is 2.03. The predicted octanol–water partition coefficient (Wildman–Crippen LogP) is 1.49. The van der Waals surface area contributed by atoms with E-state index in [2.05, 4.69) is 5.32 Å². The number of hydrogen-bond acceptors (Lipinski definition) is 6. The van der Waals surface area contributed by atoms with E-state index < -0.39 is 28.3 Å².